The van der Waals surface area contributed by atoms with E-state index in [9.17, 15) is 22.6 Å². The largest absolute Gasteiger partial charge is 0.748 e. The van der Waals surface area contributed by atoms with Crippen molar-refractivity contribution >= 4 is 22.1 Å². The molecular weight excluding hydrogens is 338 g/mol. The van der Waals surface area contributed by atoms with Crippen LogP contribution in [-0.2, 0) is 35.8 Å². The number of pyridine rings is 1. The second-order valence-corrected chi connectivity index (χ2v) is 5.93. The lowest BCUT2D eigenvalue weighted by molar-refractivity contribution is -0.379. The van der Waals surface area contributed by atoms with Crippen LogP contribution >= 0.6 is 0 Å². The van der Waals surface area contributed by atoms with Gasteiger partial charge in [0.1, 0.15) is 13.2 Å². The highest BCUT2D eigenvalue weighted by atomic mass is 32.2. The number of esters is 2. The fraction of sp³-hybridized carbons (Fsp3) is 0.267. The van der Waals surface area contributed by atoms with Gasteiger partial charge < -0.3 is 14.0 Å². The lowest BCUT2D eigenvalue weighted by atomic mass is 10.3. The van der Waals surface area contributed by atoms with Gasteiger partial charge in [-0.1, -0.05) is 13.2 Å². The smallest absolute Gasteiger partial charge is 0.333 e. The Morgan fingerprint density at radius 2 is 2.04 bits per heavy atom. The van der Waals surface area contributed by atoms with Gasteiger partial charge in [0.25, 0.3) is 0 Å². The molecular formula is C15H19NO7S. The van der Waals surface area contributed by atoms with Gasteiger partial charge in [-0.15, -0.1) is 0 Å². The summed E-state index contributed by atoms with van der Waals surface area (Å²) < 4.78 is 39.2. The third kappa shape index (κ3) is 12.1. The second-order valence-electron chi connectivity index (χ2n) is 4.40. The summed E-state index contributed by atoms with van der Waals surface area (Å²) >= 11 is 0. The molecule has 132 valence electrons. The molecule has 24 heavy (non-hydrogen) atoms. The van der Waals surface area contributed by atoms with Crippen LogP contribution in [0.4, 0.5) is 0 Å². The van der Waals surface area contributed by atoms with Gasteiger partial charge >= 0.3 is 11.9 Å². The summed E-state index contributed by atoms with van der Waals surface area (Å²) in [6.07, 6.45) is 4.71. The molecule has 1 aromatic rings. The van der Waals surface area contributed by atoms with E-state index in [-0.39, 0.29) is 12.2 Å². The van der Waals surface area contributed by atoms with Crippen molar-refractivity contribution in [2.45, 2.75) is 13.5 Å². The zero-order valence-electron chi connectivity index (χ0n) is 13.2. The molecule has 0 atom stereocenters. The highest BCUT2D eigenvalue weighted by Gasteiger charge is 2.03. The molecule has 9 heteroatoms. The summed E-state index contributed by atoms with van der Waals surface area (Å²) in [5, 5.41) is 0. The Balaban J connectivity index is 0.000000441. The van der Waals surface area contributed by atoms with Crippen LogP contribution in [-0.4, -0.2) is 37.3 Å². The molecule has 1 aromatic heterocycles. The lowest BCUT2D eigenvalue weighted by Crippen LogP contribution is -2.14. The van der Waals surface area contributed by atoms with E-state index in [0.29, 0.717) is 0 Å². The van der Waals surface area contributed by atoms with Gasteiger partial charge in [-0.3, -0.25) is 0 Å². The number of aromatic nitrogens is 1. The van der Waals surface area contributed by atoms with Crippen molar-refractivity contribution in [3.63, 3.8) is 0 Å². The van der Waals surface area contributed by atoms with Gasteiger partial charge in [-0.05, 0) is 13.0 Å². The van der Waals surface area contributed by atoms with Crippen molar-refractivity contribution < 1.29 is 37.0 Å². The topological polar surface area (TPSA) is 124 Å². The number of aromatic amines is 1. The first kappa shape index (κ1) is 21.5. The van der Waals surface area contributed by atoms with E-state index in [2.05, 4.69) is 22.9 Å². The molecule has 1 N–H and O–H groups in total. The average Bonchev–Trinajstić information content (AvgIpc) is 2.52. The fourth-order valence-electron chi connectivity index (χ4n) is 1.09. The number of hydrogen-bond acceptors (Lipinski definition) is 7. The molecule has 0 unspecified atom stereocenters. The van der Waals surface area contributed by atoms with E-state index in [0.717, 1.165) is 11.6 Å². The van der Waals surface area contributed by atoms with Gasteiger partial charge in [0, 0.05) is 17.7 Å². The van der Waals surface area contributed by atoms with Crippen molar-refractivity contribution in [3.8, 4) is 0 Å². The maximum absolute atomic E-state index is 10.6. The zero-order chi connectivity index (χ0) is 18.6. The summed E-state index contributed by atoms with van der Waals surface area (Å²) in [5.41, 5.74) is 1.09. The molecule has 0 saturated carbocycles. The first-order valence-electron chi connectivity index (χ1n) is 6.66. The molecule has 1 rings (SSSR count). The number of ether oxygens (including phenoxy) is 2. The van der Waals surface area contributed by atoms with E-state index < -0.39 is 34.4 Å². The zero-order valence-corrected chi connectivity index (χ0v) is 14.0. The molecule has 0 radical (unpaired) electrons. The maximum atomic E-state index is 10.6. The summed E-state index contributed by atoms with van der Waals surface area (Å²) in [5.74, 6) is -1.80. The minimum atomic E-state index is -4.30. The van der Waals surface area contributed by atoms with Gasteiger partial charge in [0.05, 0.1) is 21.4 Å². The quantitative estimate of drug-likeness (QED) is 0.392. The van der Waals surface area contributed by atoms with Crippen LogP contribution in [0.25, 0.3) is 0 Å². The fourth-order valence-corrected chi connectivity index (χ4v) is 1.38. The van der Waals surface area contributed by atoms with Crippen molar-refractivity contribution in [2.24, 2.45) is 0 Å². The van der Waals surface area contributed by atoms with E-state index in [1.165, 1.54) is 6.92 Å². The first-order valence-corrected chi connectivity index (χ1v) is 8.24. The van der Waals surface area contributed by atoms with Crippen LogP contribution in [0.1, 0.15) is 12.5 Å². The molecule has 0 amide bonds. The first-order chi connectivity index (χ1) is 11.2. The van der Waals surface area contributed by atoms with Crippen LogP contribution in [0.5, 0.6) is 0 Å². The Morgan fingerprint density at radius 1 is 1.38 bits per heavy atom. The lowest BCUT2D eigenvalue weighted by Gasteiger charge is -2.06. The molecule has 0 bridgehead atoms. The van der Waals surface area contributed by atoms with E-state index >= 15 is 0 Å². The average molecular weight is 357 g/mol. The van der Waals surface area contributed by atoms with Crippen molar-refractivity contribution in [1.29, 1.82) is 0 Å². The Labute approximate surface area is 140 Å². The molecule has 8 nitrogen and oxygen atoms in total. The van der Waals surface area contributed by atoms with E-state index in [1.54, 1.807) is 12.4 Å². The molecule has 0 saturated heterocycles. The monoisotopic (exact) mass is 357 g/mol. The Morgan fingerprint density at radius 3 is 2.50 bits per heavy atom. The number of rotatable bonds is 7. The Kier molecular flexibility index (Phi) is 9.92. The molecule has 0 aliphatic carbocycles. The molecule has 0 aliphatic rings. The van der Waals surface area contributed by atoms with Crippen molar-refractivity contribution in [3.05, 3.63) is 54.9 Å². The van der Waals surface area contributed by atoms with Gasteiger partial charge in [0.15, 0.2) is 12.4 Å². The van der Waals surface area contributed by atoms with Crippen LogP contribution in [0.15, 0.2) is 49.3 Å². The molecule has 0 aromatic carbocycles. The summed E-state index contributed by atoms with van der Waals surface area (Å²) in [4.78, 5) is 24.1. The number of carbonyl (C=O) groups excluding carboxylic acids is 2. The molecule has 1 heterocycles. The van der Waals surface area contributed by atoms with Gasteiger partial charge in [-0.25, -0.2) is 23.0 Å². The van der Waals surface area contributed by atoms with Crippen LogP contribution < -0.4 is 4.98 Å². The summed E-state index contributed by atoms with van der Waals surface area (Å²) in [6, 6.07) is 3.71. The Hall–Kier alpha value is -2.52. The number of H-pyrrole nitrogens is 1. The van der Waals surface area contributed by atoms with E-state index in [1.807, 2.05) is 12.1 Å². The third-order valence-corrected chi connectivity index (χ3v) is 2.90. The normalized spacial score (nSPS) is 9.92. The minimum Gasteiger partial charge on any atom is -0.748 e. The third-order valence-electron chi connectivity index (χ3n) is 2.23. The summed E-state index contributed by atoms with van der Waals surface area (Å²) in [7, 11) is -4.30. The highest BCUT2D eigenvalue weighted by molar-refractivity contribution is 7.85. The standard InChI is InChI=1S/C9H9NO2.C6H10O5S/c1-2-9(11)12-7-8-4-3-5-10-6-8;1-5(2)6(7)11-3-4-12(8,9)10/h2-6H,1,7H2;1,3-4H2,2H3,(H,8,9,10). The predicted molar refractivity (Wildman–Crippen MR) is 83.3 cm³/mol. The predicted octanol–water partition coefficient (Wildman–Crippen LogP) is 0.381. The van der Waals surface area contributed by atoms with Crippen LogP contribution in [0, 0.1) is 0 Å². The minimum absolute atomic E-state index is 0.165. The van der Waals surface area contributed by atoms with E-state index in [4.69, 9.17) is 4.74 Å². The molecule has 0 spiro atoms. The SMILES string of the molecule is C=C(C)C(=O)OCCS(=O)(=O)[O-].C=CC(=O)OCc1ccc[nH+]c1. The highest BCUT2D eigenvalue weighted by Crippen LogP contribution is 1.96. The molecule has 0 fully saturated rings. The number of nitrogens with one attached hydrogen (secondary N) is 1. The maximum Gasteiger partial charge on any atom is 0.333 e. The van der Waals surface area contributed by atoms with Crippen LogP contribution in [0.2, 0.25) is 0 Å². The second kappa shape index (κ2) is 11.1. The Bertz CT molecular complexity index is 668. The van der Waals surface area contributed by atoms with Crippen molar-refractivity contribution in [1.82, 2.24) is 0 Å². The molecule has 0 aliphatic heterocycles. The number of hydrogen-bond donors (Lipinski definition) is 0. The van der Waals surface area contributed by atoms with Crippen LogP contribution in [0.3, 0.4) is 0 Å². The van der Waals surface area contributed by atoms with Crippen molar-refractivity contribution in [2.75, 3.05) is 12.4 Å². The van der Waals surface area contributed by atoms with Gasteiger partial charge in [0.2, 0.25) is 0 Å². The van der Waals surface area contributed by atoms with Gasteiger partial charge in [-0.2, -0.15) is 0 Å². The summed E-state index contributed by atoms with van der Waals surface area (Å²) in [6.45, 7) is 7.84. The number of carbonyl (C=O) groups is 2.